The Morgan fingerprint density at radius 1 is 1.35 bits per heavy atom. The molecule has 0 spiro atoms. The summed E-state index contributed by atoms with van der Waals surface area (Å²) in [5, 5.41) is 3.42. The smallest absolute Gasteiger partial charge is 0.217 e. The van der Waals surface area contributed by atoms with E-state index < -0.39 is 0 Å². The number of halogens is 1. The fourth-order valence-electron chi connectivity index (χ4n) is 1.61. The van der Waals surface area contributed by atoms with Crippen LogP contribution in [0, 0.1) is 0 Å². The summed E-state index contributed by atoms with van der Waals surface area (Å²) in [7, 11) is 0. The standard InChI is InChI=1S/C13H19BrN2O/c1-10(11-5-7-12(14)8-6-11)16-9-3-2-4-13(15)17/h5-8,10,16H,2-4,9H2,1H3,(H2,15,17). The van der Waals surface area contributed by atoms with Gasteiger partial charge >= 0.3 is 0 Å². The number of carbonyl (C=O) groups is 1. The first-order valence-corrected chi connectivity index (χ1v) is 6.66. The lowest BCUT2D eigenvalue weighted by molar-refractivity contribution is -0.118. The van der Waals surface area contributed by atoms with Gasteiger partial charge in [0, 0.05) is 16.9 Å². The number of rotatable bonds is 7. The first kappa shape index (κ1) is 14.2. The van der Waals surface area contributed by atoms with Crippen molar-refractivity contribution in [1.29, 1.82) is 0 Å². The van der Waals surface area contributed by atoms with Gasteiger partial charge in [0.1, 0.15) is 0 Å². The number of nitrogens with two attached hydrogens (primary N) is 1. The molecule has 94 valence electrons. The summed E-state index contributed by atoms with van der Waals surface area (Å²) in [6, 6.07) is 8.62. The summed E-state index contributed by atoms with van der Waals surface area (Å²) in [5.74, 6) is -0.217. The van der Waals surface area contributed by atoms with E-state index in [1.54, 1.807) is 0 Å². The molecular weight excluding hydrogens is 280 g/mol. The lowest BCUT2D eigenvalue weighted by atomic mass is 10.1. The SMILES string of the molecule is CC(NCCCCC(N)=O)c1ccc(Br)cc1. The molecule has 3 N–H and O–H groups in total. The molecule has 1 rings (SSSR count). The second-order valence-electron chi connectivity index (χ2n) is 4.15. The van der Waals surface area contributed by atoms with Gasteiger partial charge in [-0.05, 0) is 44.0 Å². The molecule has 0 fully saturated rings. The van der Waals surface area contributed by atoms with Crippen molar-refractivity contribution in [1.82, 2.24) is 5.32 Å². The van der Waals surface area contributed by atoms with Gasteiger partial charge in [-0.3, -0.25) is 4.79 Å². The highest BCUT2D eigenvalue weighted by molar-refractivity contribution is 9.10. The van der Waals surface area contributed by atoms with Crippen LogP contribution in [0.2, 0.25) is 0 Å². The van der Waals surface area contributed by atoms with Crippen LogP contribution < -0.4 is 11.1 Å². The molecule has 3 nitrogen and oxygen atoms in total. The molecule has 4 heteroatoms. The summed E-state index contributed by atoms with van der Waals surface area (Å²) < 4.78 is 1.09. The zero-order chi connectivity index (χ0) is 12.7. The van der Waals surface area contributed by atoms with Gasteiger partial charge in [-0.2, -0.15) is 0 Å². The Morgan fingerprint density at radius 3 is 2.59 bits per heavy atom. The van der Waals surface area contributed by atoms with E-state index >= 15 is 0 Å². The van der Waals surface area contributed by atoms with Crippen LogP contribution in [-0.2, 0) is 4.79 Å². The van der Waals surface area contributed by atoms with E-state index in [4.69, 9.17) is 5.73 Å². The molecule has 0 aromatic heterocycles. The minimum absolute atomic E-state index is 0.217. The third-order valence-corrected chi connectivity index (χ3v) is 3.20. The van der Waals surface area contributed by atoms with Gasteiger partial charge in [0.25, 0.3) is 0 Å². The van der Waals surface area contributed by atoms with Crippen molar-refractivity contribution in [3.8, 4) is 0 Å². The predicted octanol–water partition coefficient (Wildman–Crippen LogP) is 2.76. The summed E-state index contributed by atoms with van der Waals surface area (Å²) >= 11 is 3.42. The molecule has 0 aliphatic rings. The number of unbranched alkanes of at least 4 members (excludes halogenated alkanes) is 1. The lowest BCUT2D eigenvalue weighted by Crippen LogP contribution is -2.20. The van der Waals surface area contributed by atoms with Gasteiger partial charge < -0.3 is 11.1 Å². The summed E-state index contributed by atoms with van der Waals surface area (Å²) in [6.45, 7) is 3.04. The monoisotopic (exact) mass is 298 g/mol. The van der Waals surface area contributed by atoms with E-state index in [0.717, 1.165) is 23.9 Å². The number of primary amides is 1. The molecule has 0 radical (unpaired) electrons. The molecule has 0 aliphatic carbocycles. The fraction of sp³-hybridized carbons (Fsp3) is 0.462. The summed E-state index contributed by atoms with van der Waals surface area (Å²) in [6.07, 6.45) is 2.31. The van der Waals surface area contributed by atoms with Crippen molar-refractivity contribution in [2.75, 3.05) is 6.54 Å². The Hall–Kier alpha value is -0.870. The van der Waals surface area contributed by atoms with Gasteiger partial charge in [-0.25, -0.2) is 0 Å². The number of benzene rings is 1. The molecule has 0 saturated heterocycles. The highest BCUT2D eigenvalue weighted by Gasteiger charge is 2.03. The van der Waals surface area contributed by atoms with Gasteiger partial charge in [0.2, 0.25) is 5.91 Å². The van der Waals surface area contributed by atoms with Crippen LogP contribution in [0.1, 0.15) is 37.8 Å². The van der Waals surface area contributed by atoms with E-state index in [2.05, 4.69) is 40.3 Å². The largest absolute Gasteiger partial charge is 0.370 e. The zero-order valence-corrected chi connectivity index (χ0v) is 11.7. The predicted molar refractivity (Wildman–Crippen MR) is 73.6 cm³/mol. The lowest BCUT2D eigenvalue weighted by Gasteiger charge is -2.14. The normalized spacial score (nSPS) is 12.4. The maximum atomic E-state index is 10.5. The van der Waals surface area contributed by atoms with Gasteiger partial charge in [-0.15, -0.1) is 0 Å². The molecule has 0 bridgehead atoms. The number of carbonyl (C=O) groups excluding carboxylic acids is 1. The summed E-state index contributed by atoms with van der Waals surface area (Å²) in [4.78, 5) is 10.5. The Morgan fingerprint density at radius 2 is 2.00 bits per heavy atom. The quantitative estimate of drug-likeness (QED) is 0.761. The molecule has 0 heterocycles. The molecule has 1 aromatic carbocycles. The Bertz CT molecular complexity index is 351. The first-order chi connectivity index (χ1) is 8.09. The highest BCUT2D eigenvalue weighted by Crippen LogP contribution is 2.16. The van der Waals surface area contributed by atoms with Crippen molar-refractivity contribution in [2.24, 2.45) is 5.73 Å². The minimum Gasteiger partial charge on any atom is -0.370 e. The van der Waals surface area contributed by atoms with Crippen molar-refractivity contribution in [2.45, 2.75) is 32.2 Å². The molecular formula is C13H19BrN2O. The second-order valence-corrected chi connectivity index (χ2v) is 5.07. The Labute approximate surface area is 111 Å². The van der Waals surface area contributed by atoms with E-state index in [-0.39, 0.29) is 5.91 Å². The van der Waals surface area contributed by atoms with Crippen molar-refractivity contribution in [3.63, 3.8) is 0 Å². The summed E-state index contributed by atoms with van der Waals surface area (Å²) in [5.41, 5.74) is 6.34. The molecule has 0 saturated carbocycles. The number of hydrogen-bond acceptors (Lipinski definition) is 2. The molecule has 1 atom stereocenters. The average Bonchev–Trinajstić information content (AvgIpc) is 2.29. The third-order valence-electron chi connectivity index (χ3n) is 2.67. The van der Waals surface area contributed by atoms with Gasteiger partial charge in [0.05, 0.1) is 0 Å². The van der Waals surface area contributed by atoms with E-state index in [1.165, 1.54) is 5.56 Å². The van der Waals surface area contributed by atoms with Crippen molar-refractivity contribution < 1.29 is 4.79 Å². The molecule has 1 unspecified atom stereocenters. The van der Waals surface area contributed by atoms with Crippen LogP contribution in [0.3, 0.4) is 0 Å². The Kier molecular flexibility index (Phi) is 6.22. The maximum Gasteiger partial charge on any atom is 0.217 e. The van der Waals surface area contributed by atoms with E-state index in [0.29, 0.717) is 12.5 Å². The average molecular weight is 299 g/mol. The number of nitrogens with one attached hydrogen (secondary N) is 1. The zero-order valence-electron chi connectivity index (χ0n) is 10.1. The van der Waals surface area contributed by atoms with Crippen LogP contribution in [0.4, 0.5) is 0 Å². The van der Waals surface area contributed by atoms with E-state index in [1.807, 2.05) is 12.1 Å². The topological polar surface area (TPSA) is 55.1 Å². The number of amides is 1. The van der Waals surface area contributed by atoms with Crippen LogP contribution in [0.25, 0.3) is 0 Å². The van der Waals surface area contributed by atoms with Crippen LogP contribution in [-0.4, -0.2) is 12.5 Å². The fourth-order valence-corrected chi connectivity index (χ4v) is 1.88. The van der Waals surface area contributed by atoms with Crippen LogP contribution >= 0.6 is 15.9 Å². The van der Waals surface area contributed by atoms with Crippen LogP contribution in [0.5, 0.6) is 0 Å². The minimum atomic E-state index is -0.217. The third kappa shape index (κ3) is 5.84. The molecule has 0 aliphatic heterocycles. The number of hydrogen-bond donors (Lipinski definition) is 2. The maximum absolute atomic E-state index is 10.5. The molecule has 1 amide bonds. The van der Waals surface area contributed by atoms with Gasteiger partial charge in [-0.1, -0.05) is 28.1 Å². The van der Waals surface area contributed by atoms with Crippen molar-refractivity contribution in [3.05, 3.63) is 34.3 Å². The highest BCUT2D eigenvalue weighted by atomic mass is 79.9. The second kappa shape index (κ2) is 7.45. The van der Waals surface area contributed by atoms with Crippen molar-refractivity contribution >= 4 is 21.8 Å². The molecule has 1 aromatic rings. The van der Waals surface area contributed by atoms with Gasteiger partial charge in [0.15, 0.2) is 0 Å². The molecule has 17 heavy (non-hydrogen) atoms. The van der Waals surface area contributed by atoms with E-state index in [9.17, 15) is 4.79 Å². The van der Waals surface area contributed by atoms with Crippen LogP contribution in [0.15, 0.2) is 28.7 Å². The Balaban J connectivity index is 2.23. The first-order valence-electron chi connectivity index (χ1n) is 5.86.